The number of carbonyl (C=O) groups is 1. The molecule has 2 aromatic carbocycles. The number of amides is 1. The first-order valence-electron chi connectivity index (χ1n) is 9.61. The Balaban J connectivity index is 1.32. The Hall–Kier alpha value is -3.26. The maximum Gasteiger partial charge on any atom is 0.264 e. The summed E-state index contributed by atoms with van der Waals surface area (Å²) in [4.78, 5) is 17.8. The van der Waals surface area contributed by atoms with Gasteiger partial charge >= 0.3 is 0 Å². The van der Waals surface area contributed by atoms with Crippen LogP contribution in [0.2, 0.25) is 0 Å². The maximum absolute atomic E-state index is 12.2. The Morgan fingerprint density at radius 3 is 2.60 bits per heavy atom. The predicted molar refractivity (Wildman–Crippen MR) is 114 cm³/mol. The average Bonchev–Trinajstić information content (AvgIpc) is 3.34. The standard InChI is InChI=1S/C22H22N2O5S/c1-3-26-16-5-7-17(8-6-16)27-12-21(25)24-22-23-14(2)20(30-22)11-15-4-9-18-19(10-15)29-13-28-18/h4-10H,3,11-13H2,1-2H3,(H,23,24,25). The number of ether oxygens (including phenoxy) is 4. The summed E-state index contributed by atoms with van der Waals surface area (Å²) in [5.41, 5.74) is 1.99. The van der Waals surface area contributed by atoms with Crippen molar-refractivity contribution >= 4 is 22.4 Å². The molecule has 2 heterocycles. The summed E-state index contributed by atoms with van der Waals surface area (Å²) in [7, 11) is 0. The quantitative estimate of drug-likeness (QED) is 0.582. The molecule has 3 aromatic rings. The highest BCUT2D eigenvalue weighted by Gasteiger charge is 2.16. The number of hydrogen-bond acceptors (Lipinski definition) is 7. The Labute approximate surface area is 178 Å². The van der Waals surface area contributed by atoms with E-state index in [-0.39, 0.29) is 19.3 Å². The molecule has 1 N–H and O–H groups in total. The molecular weight excluding hydrogens is 404 g/mol. The lowest BCUT2D eigenvalue weighted by Gasteiger charge is -2.07. The number of nitrogens with zero attached hydrogens (tertiary/aromatic N) is 1. The lowest BCUT2D eigenvalue weighted by atomic mass is 10.1. The Kier molecular flexibility index (Phi) is 6.04. The van der Waals surface area contributed by atoms with Crippen LogP contribution in [0.3, 0.4) is 0 Å². The molecule has 8 heteroatoms. The van der Waals surface area contributed by atoms with E-state index in [0.717, 1.165) is 33.4 Å². The second-order valence-electron chi connectivity index (χ2n) is 6.63. The van der Waals surface area contributed by atoms with Crippen LogP contribution in [-0.2, 0) is 11.2 Å². The zero-order chi connectivity index (χ0) is 20.9. The Bertz CT molecular complexity index is 1030. The molecule has 0 saturated carbocycles. The highest BCUT2D eigenvalue weighted by atomic mass is 32.1. The molecule has 1 aliphatic rings. The topological polar surface area (TPSA) is 78.9 Å². The summed E-state index contributed by atoms with van der Waals surface area (Å²) < 4.78 is 21.7. The number of fused-ring (bicyclic) bond motifs is 1. The van der Waals surface area contributed by atoms with E-state index in [1.54, 1.807) is 12.1 Å². The number of thiazole rings is 1. The van der Waals surface area contributed by atoms with Crippen molar-refractivity contribution in [2.75, 3.05) is 25.3 Å². The number of aryl methyl sites for hydroxylation is 1. The molecule has 0 radical (unpaired) electrons. The molecule has 1 amide bonds. The van der Waals surface area contributed by atoms with E-state index in [1.165, 1.54) is 11.3 Å². The SMILES string of the molecule is CCOc1ccc(OCC(=O)Nc2nc(C)c(Cc3ccc4c(c3)OCO4)s2)cc1. The average molecular weight is 426 g/mol. The third-order valence-corrected chi connectivity index (χ3v) is 5.52. The second kappa shape index (κ2) is 9.04. The van der Waals surface area contributed by atoms with Crippen molar-refractivity contribution in [2.24, 2.45) is 0 Å². The van der Waals surface area contributed by atoms with Crippen LogP contribution in [0.15, 0.2) is 42.5 Å². The van der Waals surface area contributed by atoms with Crippen LogP contribution in [0.5, 0.6) is 23.0 Å². The van der Waals surface area contributed by atoms with Crippen LogP contribution in [0.4, 0.5) is 5.13 Å². The van der Waals surface area contributed by atoms with Gasteiger partial charge in [0.25, 0.3) is 5.91 Å². The molecule has 0 spiro atoms. The van der Waals surface area contributed by atoms with Crippen molar-refractivity contribution in [1.82, 2.24) is 4.98 Å². The molecule has 0 atom stereocenters. The Morgan fingerprint density at radius 2 is 1.83 bits per heavy atom. The van der Waals surface area contributed by atoms with Gasteiger partial charge in [0.1, 0.15) is 11.5 Å². The Morgan fingerprint density at radius 1 is 1.10 bits per heavy atom. The van der Waals surface area contributed by atoms with E-state index < -0.39 is 0 Å². The van der Waals surface area contributed by atoms with Gasteiger partial charge in [-0.2, -0.15) is 0 Å². The van der Waals surface area contributed by atoms with Crippen molar-refractivity contribution in [3.8, 4) is 23.0 Å². The van der Waals surface area contributed by atoms with Crippen molar-refractivity contribution in [3.63, 3.8) is 0 Å². The lowest BCUT2D eigenvalue weighted by molar-refractivity contribution is -0.118. The van der Waals surface area contributed by atoms with Gasteiger partial charge in [0.2, 0.25) is 6.79 Å². The fourth-order valence-electron chi connectivity index (χ4n) is 2.98. The van der Waals surface area contributed by atoms with Gasteiger partial charge in [0.15, 0.2) is 23.2 Å². The van der Waals surface area contributed by atoms with Gasteiger partial charge in [0.05, 0.1) is 12.3 Å². The second-order valence-corrected chi connectivity index (χ2v) is 7.72. The summed E-state index contributed by atoms with van der Waals surface area (Å²) in [6, 6.07) is 13.1. The number of benzene rings is 2. The van der Waals surface area contributed by atoms with Crippen LogP contribution in [0.25, 0.3) is 0 Å². The third kappa shape index (κ3) is 4.83. The molecule has 0 aliphatic carbocycles. The van der Waals surface area contributed by atoms with Gasteiger partial charge < -0.3 is 18.9 Å². The van der Waals surface area contributed by atoms with Crippen molar-refractivity contribution in [1.29, 1.82) is 0 Å². The van der Waals surface area contributed by atoms with Crippen LogP contribution in [0.1, 0.15) is 23.1 Å². The minimum absolute atomic E-state index is 0.0932. The summed E-state index contributed by atoms with van der Waals surface area (Å²) >= 11 is 1.46. The normalized spacial score (nSPS) is 11.9. The number of aromatic nitrogens is 1. The summed E-state index contributed by atoms with van der Waals surface area (Å²) in [5.74, 6) is 2.64. The number of nitrogens with one attached hydrogen (secondary N) is 1. The van der Waals surface area contributed by atoms with Gasteiger partial charge in [-0.3, -0.25) is 10.1 Å². The first-order chi connectivity index (χ1) is 14.6. The summed E-state index contributed by atoms with van der Waals surface area (Å²) in [6.45, 7) is 4.63. The van der Waals surface area contributed by atoms with Crippen LogP contribution in [0, 0.1) is 6.92 Å². The van der Waals surface area contributed by atoms with Gasteiger partial charge in [-0.25, -0.2) is 4.98 Å². The zero-order valence-corrected chi connectivity index (χ0v) is 17.6. The molecular formula is C22H22N2O5S. The van der Waals surface area contributed by atoms with Crippen LogP contribution < -0.4 is 24.3 Å². The molecule has 1 aliphatic heterocycles. The molecule has 156 valence electrons. The van der Waals surface area contributed by atoms with E-state index in [1.807, 2.05) is 44.2 Å². The monoisotopic (exact) mass is 426 g/mol. The lowest BCUT2D eigenvalue weighted by Crippen LogP contribution is -2.20. The van der Waals surface area contributed by atoms with E-state index in [0.29, 0.717) is 23.9 Å². The van der Waals surface area contributed by atoms with E-state index in [2.05, 4.69) is 10.3 Å². The van der Waals surface area contributed by atoms with Gasteiger partial charge in [-0.1, -0.05) is 6.07 Å². The van der Waals surface area contributed by atoms with Crippen molar-refractivity contribution < 1.29 is 23.7 Å². The van der Waals surface area contributed by atoms with Gasteiger partial charge in [0, 0.05) is 11.3 Å². The molecule has 0 fully saturated rings. The maximum atomic E-state index is 12.2. The summed E-state index contributed by atoms with van der Waals surface area (Å²) in [6.07, 6.45) is 0.707. The molecule has 1 aromatic heterocycles. The number of rotatable bonds is 8. The number of hydrogen-bond donors (Lipinski definition) is 1. The summed E-state index contributed by atoms with van der Waals surface area (Å²) in [5, 5.41) is 3.37. The minimum Gasteiger partial charge on any atom is -0.494 e. The number of carbonyl (C=O) groups excluding carboxylic acids is 1. The molecule has 4 rings (SSSR count). The van der Waals surface area contributed by atoms with Crippen molar-refractivity contribution in [2.45, 2.75) is 20.3 Å². The van der Waals surface area contributed by atoms with Crippen molar-refractivity contribution in [3.05, 3.63) is 58.6 Å². The number of anilines is 1. The van der Waals surface area contributed by atoms with Gasteiger partial charge in [-0.15, -0.1) is 11.3 Å². The fourth-order valence-corrected chi connectivity index (χ4v) is 4.00. The largest absolute Gasteiger partial charge is 0.494 e. The third-order valence-electron chi connectivity index (χ3n) is 4.45. The first-order valence-corrected chi connectivity index (χ1v) is 10.4. The van der Waals surface area contributed by atoms with Crippen LogP contribution >= 0.6 is 11.3 Å². The first kappa shape index (κ1) is 20.0. The van der Waals surface area contributed by atoms with Crippen LogP contribution in [-0.4, -0.2) is 30.9 Å². The van der Waals surface area contributed by atoms with E-state index in [9.17, 15) is 4.79 Å². The predicted octanol–water partition coefficient (Wildman–Crippen LogP) is 4.19. The molecule has 7 nitrogen and oxygen atoms in total. The molecule has 30 heavy (non-hydrogen) atoms. The fraction of sp³-hybridized carbons (Fsp3) is 0.273. The highest BCUT2D eigenvalue weighted by molar-refractivity contribution is 7.15. The smallest absolute Gasteiger partial charge is 0.264 e. The van der Waals surface area contributed by atoms with Gasteiger partial charge in [-0.05, 0) is 55.8 Å². The zero-order valence-electron chi connectivity index (χ0n) is 16.8. The van der Waals surface area contributed by atoms with E-state index >= 15 is 0 Å². The molecule has 0 unspecified atom stereocenters. The highest BCUT2D eigenvalue weighted by Crippen LogP contribution is 2.34. The van der Waals surface area contributed by atoms with E-state index in [4.69, 9.17) is 18.9 Å². The molecule has 0 bridgehead atoms. The minimum atomic E-state index is -0.257. The molecule has 0 saturated heterocycles.